The van der Waals surface area contributed by atoms with Crippen molar-refractivity contribution < 1.29 is 28.6 Å². The highest BCUT2D eigenvalue weighted by molar-refractivity contribution is 5.85. The Hall–Kier alpha value is -3.75. The quantitative estimate of drug-likeness (QED) is 0.499. The van der Waals surface area contributed by atoms with Crippen molar-refractivity contribution in [3.63, 3.8) is 0 Å². The molecule has 9 heteroatoms. The Kier molecular flexibility index (Phi) is 8.49. The van der Waals surface area contributed by atoms with Gasteiger partial charge in [-0.3, -0.25) is 4.79 Å². The number of rotatable bonds is 10. The maximum Gasteiger partial charge on any atom is 0.329 e. The van der Waals surface area contributed by atoms with Gasteiger partial charge in [-0.2, -0.15) is 0 Å². The van der Waals surface area contributed by atoms with Crippen LogP contribution in [0, 0.1) is 0 Å². The lowest BCUT2D eigenvalue weighted by Gasteiger charge is -2.16. The third-order valence-electron chi connectivity index (χ3n) is 4.17. The molecule has 0 unspecified atom stereocenters. The zero-order valence-corrected chi connectivity index (χ0v) is 16.8. The zero-order chi connectivity index (χ0) is 21.9. The van der Waals surface area contributed by atoms with Crippen LogP contribution in [-0.2, 0) is 27.3 Å². The second-order valence-corrected chi connectivity index (χ2v) is 6.32. The van der Waals surface area contributed by atoms with E-state index in [2.05, 4.69) is 10.6 Å². The Morgan fingerprint density at radius 2 is 1.67 bits per heavy atom. The van der Waals surface area contributed by atoms with Crippen LogP contribution < -0.4 is 25.8 Å². The molecule has 9 nitrogen and oxygen atoms in total. The lowest BCUT2D eigenvalue weighted by Crippen LogP contribution is -2.46. The fourth-order valence-electron chi connectivity index (χ4n) is 2.69. The maximum atomic E-state index is 12.3. The van der Waals surface area contributed by atoms with E-state index in [1.807, 2.05) is 18.2 Å². The molecule has 0 aromatic heterocycles. The average Bonchev–Trinajstić information content (AvgIpc) is 2.75. The fraction of sp³-hybridized carbons (Fsp3) is 0.286. The predicted octanol–water partition coefficient (Wildman–Crippen LogP) is 1.14. The number of nitrogens with two attached hydrogens (primary N) is 1. The van der Waals surface area contributed by atoms with Gasteiger partial charge in [0.25, 0.3) is 5.91 Å². The molecule has 2 rings (SSSR count). The van der Waals surface area contributed by atoms with Crippen molar-refractivity contribution >= 4 is 17.9 Å². The van der Waals surface area contributed by atoms with E-state index in [1.165, 1.54) is 14.2 Å². The minimum atomic E-state index is -0.997. The third kappa shape index (κ3) is 7.01. The van der Waals surface area contributed by atoms with Gasteiger partial charge in [0, 0.05) is 13.0 Å². The molecule has 2 aromatic rings. The number of primary amides is 1. The van der Waals surface area contributed by atoms with Gasteiger partial charge in [0.05, 0.1) is 14.2 Å². The average molecular weight is 415 g/mol. The Morgan fingerprint density at radius 1 is 0.967 bits per heavy atom. The lowest BCUT2D eigenvalue weighted by molar-refractivity contribution is -0.150. The summed E-state index contributed by atoms with van der Waals surface area (Å²) in [6.45, 7) is -0.276. The van der Waals surface area contributed by atoms with Crippen molar-refractivity contribution in [2.45, 2.75) is 19.0 Å². The number of ether oxygens (including phenoxy) is 3. The van der Waals surface area contributed by atoms with Crippen LogP contribution >= 0.6 is 0 Å². The molecule has 4 N–H and O–H groups in total. The van der Waals surface area contributed by atoms with Gasteiger partial charge >= 0.3 is 12.0 Å². The van der Waals surface area contributed by atoms with Gasteiger partial charge in [-0.15, -0.1) is 0 Å². The van der Waals surface area contributed by atoms with Crippen LogP contribution in [-0.4, -0.2) is 44.8 Å². The van der Waals surface area contributed by atoms with E-state index in [4.69, 9.17) is 19.9 Å². The van der Waals surface area contributed by atoms with Gasteiger partial charge in [-0.05, 0) is 23.3 Å². The topological polar surface area (TPSA) is 129 Å². The first-order valence-electron chi connectivity index (χ1n) is 9.17. The molecule has 0 radical (unpaired) electrons. The Labute approximate surface area is 174 Å². The van der Waals surface area contributed by atoms with Crippen LogP contribution in [0.25, 0.3) is 0 Å². The van der Waals surface area contributed by atoms with Gasteiger partial charge in [0.15, 0.2) is 18.1 Å². The molecule has 0 heterocycles. The molecule has 0 aliphatic rings. The largest absolute Gasteiger partial charge is 0.493 e. The van der Waals surface area contributed by atoms with Crippen molar-refractivity contribution in [3.8, 4) is 11.5 Å². The van der Waals surface area contributed by atoms with Crippen LogP contribution in [0.4, 0.5) is 4.79 Å². The smallest absolute Gasteiger partial charge is 0.329 e. The molecule has 2 aromatic carbocycles. The maximum absolute atomic E-state index is 12.3. The second-order valence-electron chi connectivity index (χ2n) is 6.32. The minimum Gasteiger partial charge on any atom is -0.493 e. The summed E-state index contributed by atoms with van der Waals surface area (Å²) in [7, 11) is 3.05. The highest BCUT2D eigenvalue weighted by Crippen LogP contribution is 2.27. The minimum absolute atomic E-state index is 0.190. The molecule has 30 heavy (non-hydrogen) atoms. The first-order chi connectivity index (χ1) is 14.4. The predicted molar refractivity (Wildman–Crippen MR) is 109 cm³/mol. The molecule has 0 bridgehead atoms. The molecule has 0 fully saturated rings. The summed E-state index contributed by atoms with van der Waals surface area (Å²) in [5.74, 6) is -0.125. The van der Waals surface area contributed by atoms with Crippen molar-refractivity contribution in [3.05, 3.63) is 59.7 Å². The van der Waals surface area contributed by atoms with Crippen molar-refractivity contribution in [1.82, 2.24) is 10.6 Å². The zero-order valence-electron chi connectivity index (χ0n) is 16.8. The molecular formula is C21H25N3O6. The van der Waals surface area contributed by atoms with E-state index in [0.29, 0.717) is 11.5 Å². The number of carbonyl (C=O) groups is 3. The molecule has 3 amide bonds. The Balaban J connectivity index is 1.87. The summed E-state index contributed by atoms with van der Waals surface area (Å²) in [5, 5.41) is 4.99. The van der Waals surface area contributed by atoms with Gasteiger partial charge in [0.1, 0.15) is 6.04 Å². The number of benzene rings is 2. The van der Waals surface area contributed by atoms with Gasteiger partial charge in [-0.25, -0.2) is 9.59 Å². The van der Waals surface area contributed by atoms with Gasteiger partial charge in [0.2, 0.25) is 0 Å². The highest BCUT2D eigenvalue weighted by Gasteiger charge is 2.22. The number of hydrogen-bond donors (Lipinski definition) is 3. The van der Waals surface area contributed by atoms with Gasteiger partial charge < -0.3 is 30.6 Å². The first kappa shape index (κ1) is 22.5. The third-order valence-corrected chi connectivity index (χ3v) is 4.17. The first-order valence-corrected chi connectivity index (χ1v) is 9.17. The molecule has 0 aliphatic carbocycles. The van der Waals surface area contributed by atoms with Crippen molar-refractivity contribution in [2.24, 2.45) is 5.73 Å². The molecular weight excluding hydrogens is 390 g/mol. The monoisotopic (exact) mass is 415 g/mol. The van der Waals surface area contributed by atoms with Crippen LogP contribution in [0.3, 0.4) is 0 Å². The fourth-order valence-corrected chi connectivity index (χ4v) is 2.69. The van der Waals surface area contributed by atoms with E-state index in [1.54, 1.807) is 30.3 Å². The molecule has 0 saturated carbocycles. The summed E-state index contributed by atoms with van der Waals surface area (Å²) < 4.78 is 15.4. The summed E-state index contributed by atoms with van der Waals surface area (Å²) in [6, 6.07) is 12.4. The van der Waals surface area contributed by atoms with Crippen LogP contribution in [0.5, 0.6) is 11.5 Å². The molecule has 0 aliphatic heterocycles. The summed E-state index contributed by atoms with van der Waals surface area (Å²) >= 11 is 0. The van der Waals surface area contributed by atoms with Crippen LogP contribution in [0.2, 0.25) is 0 Å². The SMILES string of the molecule is COc1ccc(CNC(=O)COC(=O)[C@H](Cc2ccccc2)NC(N)=O)cc1OC. The number of hydrogen-bond acceptors (Lipinski definition) is 6. The summed E-state index contributed by atoms with van der Waals surface area (Å²) in [5.41, 5.74) is 6.73. The highest BCUT2D eigenvalue weighted by atomic mass is 16.5. The normalized spacial score (nSPS) is 11.1. The lowest BCUT2D eigenvalue weighted by atomic mass is 10.1. The molecule has 0 spiro atoms. The van der Waals surface area contributed by atoms with Crippen LogP contribution in [0.1, 0.15) is 11.1 Å². The number of amides is 3. The molecule has 1 atom stereocenters. The standard InChI is InChI=1S/C21H25N3O6/c1-28-17-9-8-15(11-18(17)29-2)12-23-19(25)13-30-20(26)16(24-21(22)27)10-14-6-4-3-5-7-14/h3-9,11,16H,10,12-13H2,1-2H3,(H,23,25)(H3,22,24,27)/t16-/m0/s1. The molecule has 160 valence electrons. The molecule has 0 saturated heterocycles. The summed E-state index contributed by atoms with van der Waals surface area (Å²) in [6.07, 6.45) is 0.190. The Bertz CT molecular complexity index is 872. The van der Waals surface area contributed by atoms with E-state index < -0.39 is 30.6 Å². The number of urea groups is 1. The number of methoxy groups -OCH3 is 2. The van der Waals surface area contributed by atoms with E-state index in [-0.39, 0.29) is 13.0 Å². The van der Waals surface area contributed by atoms with Crippen molar-refractivity contribution in [2.75, 3.05) is 20.8 Å². The van der Waals surface area contributed by atoms with E-state index in [0.717, 1.165) is 11.1 Å². The number of nitrogens with one attached hydrogen (secondary N) is 2. The van der Waals surface area contributed by atoms with E-state index in [9.17, 15) is 14.4 Å². The van der Waals surface area contributed by atoms with Gasteiger partial charge in [-0.1, -0.05) is 36.4 Å². The van der Waals surface area contributed by atoms with E-state index >= 15 is 0 Å². The van der Waals surface area contributed by atoms with Crippen molar-refractivity contribution in [1.29, 1.82) is 0 Å². The number of esters is 1. The number of carbonyl (C=O) groups excluding carboxylic acids is 3. The van der Waals surface area contributed by atoms with Crippen LogP contribution in [0.15, 0.2) is 48.5 Å². The second kappa shape index (κ2) is 11.3. The Morgan fingerprint density at radius 3 is 2.30 bits per heavy atom. The summed E-state index contributed by atoms with van der Waals surface area (Å²) in [4.78, 5) is 35.6.